The van der Waals surface area contributed by atoms with Crippen LogP contribution >= 0.6 is 0 Å². The molecule has 1 aromatic heterocycles. The highest BCUT2D eigenvalue weighted by Crippen LogP contribution is 2.19. The maximum atomic E-state index is 12.2. The minimum atomic E-state index is -0.00116. The Labute approximate surface area is 208 Å². The molecule has 0 bridgehead atoms. The van der Waals surface area contributed by atoms with Crippen LogP contribution in [0, 0.1) is 6.92 Å². The molecule has 1 N–H and O–H groups in total. The molecule has 35 heavy (non-hydrogen) atoms. The first-order valence-electron chi connectivity index (χ1n) is 12.7. The van der Waals surface area contributed by atoms with E-state index in [-0.39, 0.29) is 5.91 Å². The number of ether oxygens (including phenoxy) is 1. The van der Waals surface area contributed by atoms with Crippen molar-refractivity contribution in [1.82, 2.24) is 14.9 Å². The molecular formula is C30H35N3O2. The van der Waals surface area contributed by atoms with Crippen molar-refractivity contribution < 1.29 is 9.53 Å². The number of unbranched alkanes of at least 4 members (excludes halogenated alkanes) is 3. The van der Waals surface area contributed by atoms with Crippen LogP contribution in [0.4, 0.5) is 0 Å². The lowest BCUT2D eigenvalue weighted by Crippen LogP contribution is -2.24. The zero-order valence-corrected chi connectivity index (χ0v) is 20.6. The van der Waals surface area contributed by atoms with Crippen molar-refractivity contribution in [3.63, 3.8) is 0 Å². The molecule has 0 spiro atoms. The van der Waals surface area contributed by atoms with Gasteiger partial charge in [0.25, 0.3) is 5.91 Å². The van der Waals surface area contributed by atoms with E-state index in [1.54, 1.807) is 0 Å². The highest BCUT2D eigenvalue weighted by atomic mass is 16.5. The summed E-state index contributed by atoms with van der Waals surface area (Å²) in [4.78, 5) is 17.1. The molecule has 3 aromatic carbocycles. The Kier molecular flexibility index (Phi) is 8.93. The van der Waals surface area contributed by atoms with Crippen molar-refractivity contribution in [2.45, 2.75) is 52.0 Å². The van der Waals surface area contributed by atoms with E-state index in [1.807, 2.05) is 48.5 Å². The number of carbonyl (C=O) groups excluding carboxylic acids is 1. The Morgan fingerprint density at radius 3 is 2.46 bits per heavy atom. The number of imidazole rings is 1. The standard InChI is InChI=1S/C30H35N3O2/c1-24-17-19-26(20-18-24)35-23-11-10-22-33-28-15-8-7-14-27(28)32-29(33)16-6-3-9-21-31-30(34)25-12-4-2-5-13-25/h2,4-5,7-8,12-15,17-20H,3,6,9-11,16,21-23H2,1H3,(H,31,34). The molecule has 0 radical (unpaired) electrons. The first kappa shape index (κ1) is 24.5. The van der Waals surface area contributed by atoms with Gasteiger partial charge in [-0.25, -0.2) is 4.98 Å². The van der Waals surface area contributed by atoms with Gasteiger partial charge in [0.05, 0.1) is 17.6 Å². The van der Waals surface area contributed by atoms with E-state index in [2.05, 4.69) is 47.1 Å². The summed E-state index contributed by atoms with van der Waals surface area (Å²) >= 11 is 0. The van der Waals surface area contributed by atoms with Crippen LogP contribution in [0.5, 0.6) is 5.75 Å². The molecule has 0 saturated carbocycles. The fourth-order valence-electron chi connectivity index (χ4n) is 4.24. The summed E-state index contributed by atoms with van der Waals surface area (Å²) in [6.45, 7) is 4.45. The number of hydrogen-bond acceptors (Lipinski definition) is 3. The molecule has 0 atom stereocenters. The smallest absolute Gasteiger partial charge is 0.251 e. The second kappa shape index (κ2) is 12.7. The quantitative estimate of drug-likeness (QED) is 0.232. The van der Waals surface area contributed by atoms with E-state index in [0.717, 1.165) is 68.8 Å². The molecule has 1 heterocycles. The Morgan fingerprint density at radius 1 is 0.857 bits per heavy atom. The number of benzene rings is 3. The molecule has 0 saturated heterocycles. The van der Waals surface area contributed by atoms with Gasteiger partial charge in [-0.1, -0.05) is 54.4 Å². The van der Waals surface area contributed by atoms with Crippen molar-refractivity contribution in [2.24, 2.45) is 0 Å². The molecule has 5 heteroatoms. The lowest BCUT2D eigenvalue weighted by atomic mass is 10.1. The van der Waals surface area contributed by atoms with Crippen molar-refractivity contribution in [2.75, 3.05) is 13.2 Å². The number of aromatic nitrogens is 2. The van der Waals surface area contributed by atoms with Gasteiger partial charge in [0, 0.05) is 25.1 Å². The molecule has 182 valence electrons. The van der Waals surface area contributed by atoms with Gasteiger partial charge in [-0.2, -0.15) is 0 Å². The first-order chi connectivity index (χ1) is 17.2. The number of hydrogen-bond donors (Lipinski definition) is 1. The zero-order chi connectivity index (χ0) is 24.3. The third kappa shape index (κ3) is 7.19. The Hall–Kier alpha value is -3.60. The van der Waals surface area contributed by atoms with E-state index < -0.39 is 0 Å². The summed E-state index contributed by atoms with van der Waals surface area (Å²) in [5.41, 5.74) is 4.23. The zero-order valence-electron chi connectivity index (χ0n) is 20.6. The highest BCUT2D eigenvalue weighted by Gasteiger charge is 2.10. The molecule has 4 aromatic rings. The molecule has 5 nitrogen and oxygen atoms in total. The second-order valence-electron chi connectivity index (χ2n) is 8.97. The van der Waals surface area contributed by atoms with Gasteiger partial charge in [-0.05, 0) is 69.0 Å². The van der Waals surface area contributed by atoms with Gasteiger partial charge in [0.2, 0.25) is 0 Å². The van der Waals surface area contributed by atoms with Crippen molar-refractivity contribution in [3.8, 4) is 5.75 Å². The van der Waals surface area contributed by atoms with E-state index >= 15 is 0 Å². The van der Waals surface area contributed by atoms with Crippen LogP contribution in [0.3, 0.4) is 0 Å². The number of carbonyl (C=O) groups is 1. The van der Waals surface area contributed by atoms with Gasteiger partial charge < -0.3 is 14.6 Å². The van der Waals surface area contributed by atoms with Crippen LogP contribution in [0.1, 0.15) is 53.8 Å². The van der Waals surface area contributed by atoms with Crippen LogP contribution in [0.2, 0.25) is 0 Å². The minimum Gasteiger partial charge on any atom is -0.494 e. The third-order valence-corrected chi connectivity index (χ3v) is 6.20. The van der Waals surface area contributed by atoms with Gasteiger partial charge in [-0.3, -0.25) is 4.79 Å². The number of nitrogens with zero attached hydrogens (tertiary/aromatic N) is 2. The van der Waals surface area contributed by atoms with Crippen LogP contribution in [0.15, 0.2) is 78.9 Å². The predicted molar refractivity (Wildman–Crippen MR) is 142 cm³/mol. The fraction of sp³-hybridized carbons (Fsp3) is 0.333. The number of fused-ring (bicyclic) bond motifs is 1. The molecule has 1 amide bonds. The molecule has 0 unspecified atom stereocenters. The number of nitrogens with one attached hydrogen (secondary N) is 1. The van der Waals surface area contributed by atoms with E-state index in [9.17, 15) is 4.79 Å². The fourth-order valence-corrected chi connectivity index (χ4v) is 4.24. The summed E-state index contributed by atoms with van der Waals surface area (Å²) in [6.07, 6.45) is 6.08. The lowest BCUT2D eigenvalue weighted by Gasteiger charge is -2.10. The topological polar surface area (TPSA) is 56.1 Å². The van der Waals surface area contributed by atoms with Crippen LogP contribution < -0.4 is 10.1 Å². The molecule has 4 rings (SSSR count). The van der Waals surface area contributed by atoms with Crippen LogP contribution in [0.25, 0.3) is 11.0 Å². The average molecular weight is 470 g/mol. The van der Waals surface area contributed by atoms with Gasteiger partial charge in [0.15, 0.2) is 0 Å². The molecular weight excluding hydrogens is 434 g/mol. The maximum absolute atomic E-state index is 12.2. The van der Waals surface area contributed by atoms with Gasteiger partial charge in [-0.15, -0.1) is 0 Å². The predicted octanol–water partition coefficient (Wildman–Crippen LogP) is 6.35. The molecule has 0 aliphatic rings. The first-order valence-corrected chi connectivity index (χ1v) is 12.7. The molecule has 0 fully saturated rings. The number of amides is 1. The van der Waals surface area contributed by atoms with Crippen LogP contribution in [-0.4, -0.2) is 28.6 Å². The largest absolute Gasteiger partial charge is 0.494 e. The maximum Gasteiger partial charge on any atom is 0.251 e. The van der Waals surface area contributed by atoms with E-state index in [4.69, 9.17) is 9.72 Å². The van der Waals surface area contributed by atoms with E-state index in [0.29, 0.717) is 12.1 Å². The average Bonchev–Trinajstić information content (AvgIpc) is 3.24. The summed E-state index contributed by atoms with van der Waals surface area (Å²) in [7, 11) is 0. The van der Waals surface area contributed by atoms with Crippen LogP contribution in [-0.2, 0) is 13.0 Å². The lowest BCUT2D eigenvalue weighted by molar-refractivity contribution is 0.0953. The molecule has 0 aliphatic heterocycles. The Bertz CT molecular complexity index is 1200. The number of aryl methyl sites for hydroxylation is 3. The summed E-state index contributed by atoms with van der Waals surface area (Å²) in [6, 6.07) is 26.0. The molecule has 0 aliphatic carbocycles. The number of para-hydroxylation sites is 2. The van der Waals surface area contributed by atoms with Crippen molar-refractivity contribution >= 4 is 16.9 Å². The second-order valence-corrected chi connectivity index (χ2v) is 8.97. The van der Waals surface area contributed by atoms with Gasteiger partial charge >= 0.3 is 0 Å². The van der Waals surface area contributed by atoms with Gasteiger partial charge in [0.1, 0.15) is 11.6 Å². The minimum absolute atomic E-state index is 0.00116. The Morgan fingerprint density at radius 2 is 1.63 bits per heavy atom. The highest BCUT2D eigenvalue weighted by molar-refractivity contribution is 5.94. The van der Waals surface area contributed by atoms with E-state index in [1.165, 1.54) is 11.1 Å². The van der Waals surface area contributed by atoms with Crippen molar-refractivity contribution in [3.05, 3.63) is 95.8 Å². The summed E-state index contributed by atoms with van der Waals surface area (Å²) in [5.74, 6) is 2.09. The monoisotopic (exact) mass is 469 g/mol. The Balaban J connectivity index is 1.21. The summed E-state index contributed by atoms with van der Waals surface area (Å²) in [5, 5.41) is 3.01. The summed E-state index contributed by atoms with van der Waals surface area (Å²) < 4.78 is 8.26. The van der Waals surface area contributed by atoms with Crippen molar-refractivity contribution in [1.29, 1.82) is 0 Å². The number of rotatable bonds is 13. The third-order valence-electron chi connectivity index (χ3n) is 6.20. The normalized spacial score (nSPS) is 11.0. The SMILES string of the molecule is Cc1ccc(OCCCCn2c(CCCCCNC(=O)c3ccccc3)nc3ccccc32)cc1.